The van der Waals surface area contributed by atoms with Crippen molar-refractivity contribution in [2.24, 2.45) is 0 Å². The molecule has 0 fully saturated rings. The Kier molecular flexibility index (Phi) is 3.15. The van der Waals surface area contributed by atoms with Crippen molar-refractivity contribution >= 4 is 11.6 Å². The molecule has 98 valence electrons. The first-order chi connectivity index (χ1) is 9.13. The maximum Gasteiger partial charge on any atom is 0.171 e. The van der Waals surface area contributed by atoms with Gasteiger partial charge in [0.1, 0.15) is 10.9 Å². The molecule has 1 aromatic heterocycles. The molecule has 0 amide bonds. The molecule has 2 aromatic rings. The van der Waals surface area contributed by atoms with E-state index in [1.807, 2.05) is 24.3 Å². The number of aromatic nitrogens is 2. The predicted molar refractivity (Wildman–Crippen MR) is 74.6 cm³/mol. The van der Waals surface area contributed by atoms with E-state index in [0.717, 1.165) is 17.9 Å². The van der Waals surface area contributed by atoms with E-state index in [9.17, 15) is 0 Å². The molecule has 0 spiro atoms. The molecule has 0 bridgehead atoms. The van der Waals surface area contributed by atoms with Gasteiger partial charge in [0.05, 0.1) is 0 Å². The molecular weight excluding hydrogens is 260 g/mol. The molecule has 1 aliphatic rings. The third-order valence-corrected chi connectivity index (χ3v) is 3.45. The summed E-state index contributed by atoms with van der Waals surface area (Å²) in [4.78, 5) is 8.89. The van der Waals surface area contributed by atoms with Gasteiger partial charge in [-0.2, -0.15) is 0 Å². The molecule has 1 aliphatic heterocycles. The molecule has 3 rings (SSSR count). The molecule has 3 nitrogen and oxygen atoms in total. The molecule has 19 heavy (non-hydrogen) atoms. The van der Waals surface area contributed by atoms with Gasteiger partial charge in [0, 0.05) is 12.1 Å². The Bertz CT molecular complexity index is 588. The van der Waals surface area contributed by atoms with Gasteiger partial charge in [-0.15, -0.1) is 0 Å². The Labute approximate surface area is 117 Å². The number of hydrogen-bond acceptors (Lipinski definition) is 3. The van der Waals surface area contributed by atoms with E-state index in [2.05, 4.69) is 29.9 Å². The average Bonchev–Trinajstić information content (AvgIpc) is 2.81. The molecule has 0 aliphatic carbocycles. The summed E-state index contributed by atoms with van der Waals surface area (Å²) in [5.41, 5.74) is 2.15. The van der Waals surface area contributed by atoms with Crippen LogP contribution in [0, 0.1) is 0 Å². The number of halogens is 1. The monoisotopic (exact) mass is 274 g/mol. The van der Waals surface area contributed by atoms with Crippen LogP contribution in [0.1, 0.15) is 43.0 Å². The smallest absolute Gasteiger partial charge is 0.171 e. The average molecular weight is 275 g/mol. The van der Waals surface area contributed by atoms with Crippen LogP contribution in [0.3, 0.4) is 0 Å². The highest BCUT2D eigenvalue weighted by Gasteiger charge is 2.27. The van der Waals surface area contributed by atoms with Crippen molar-refractivity contribution in [2.45, 2.75) is 32.3 Å². The summed E-state index contributed by atoms with van der Waals surface area (Å²) in [6.45, 7) is 4.18. The third-order valence-electron chi connectivity index (χ3n) is 3.26. The van der Waals surface area contributed by atoms with Crippen LogP contribution in [0.2, 0.25) is 5.15 Å². The number of fused-ring (bicyclic) bond motifs is 1. The van der Waals surface area contributed by atoms with Crippen LogP contribution < -0.4 is 4.74 Å². The van der Waals surface area contributed by atoms with Gasteiger partial charge >= 0.3 is 0 Å². The van der Waals surface area contributed by atoms with E-state index in [-0.39, 0.29) is 6.10 Å². The second-order valence-electron chi connectivity index (χ2n) is 5.05. The highest BCUT2D eigenvalue weighted by molar-refractivity contribution is 6.29. The van der Waals surface area contributed by atoms with Crippen LogP contribution in [0.4, 0.5) is 0 Å². The lowest BCUT2D eigenvalue weighted by atomic mass is 10.1. The number of hydrogen-bond donors (Lipinski definition) is 0. The lowest BCUT2D eigenvalue weighted by Gasteiger charge is -2.12. The highest BCUT2D eigenvalue weighted by Crippen LogP contribution is 2.35. The van der Waals surface area contributed by atoms with E-state index < -0.39 is 0 Å². The number of nitrogens with zero attached hydrogens (tertiary/aromatic N) is 2. The largest absolute Gasteiger partial charge is 0.482 e. The summed E-state index contributed by atoms with van der Waals surface area (Å²) in [6, 6.07) is 9.85. The molecule has 0 radical (unpaired) electrons. The standard InChI is InChI=1S/C15H15ClN2O/c1-9(2)11-8-14(16)18-15(17-11)13-7-10-5-3-4-6-12(10)19-13/h3-6,8-9,13H,7H2,1-2H3. The van der Waals surface area contributed by atoms with Crippen molar-refractivity contribution < 1.29 is 4.74 Å². The first-order valence-electron chi connectivity index (χ1n) is 6.42. The van der Waals surface area contributed by atoms with Gasteiger partial charge in [-0.3, -0.25) is 0 Å². The van der Waals surface area contributed by atoms with Gasteiger partial charge in [0.15, 0.2) is 11.9 Å². The molecule has 0 saturated carbocycles. The first kappa shape index (κ1) is 12.4. The zero-order valence-corrected chi connectivity index (χ0v) is 11.7. The maximum absolute atomic E-state index is 6.08. The topological polar surface area (TPSA) is 35.0 Å². The van der Waals surface area contributed by atoms with Gasteiger partial charge in [-0.25, -0.2) is 9.97 Å². The van der Waals surface area contributed by atoms with Crippen LogP contribution in [0.5, 0.6) is 5.75 Å². The van der Waals surface area contributed by atoms with Crippen molar-refractivity contribution in [1.29, 1.82) is 0 Å². The van der Waals surface area contributed by atoms with Gasteiger partial charge in [0.25, 0.3) is 0 Å². The molecule has 1 atom stereocenters. The van der Waals surface area contributed by atoms with Crippen molar-refractivity contribution in [3.05, 3.63) is 52.6 Å². The predicted octanol–water partition coefficient (Wildman–Crippen LogP) is 3.93. The second kappa shape index (κ2) is 4.82. The fourth-order valence-corrected chi connectivity index (χ4v) is 2.42. The fraction of sp³-hybridized carbons (Fsp3) is 0.333. The summed E-state index contributed by atoms with van der Waals surface area (Å²) < 4.78 is 5.90. The lowest BCUT2D eigenvalue weighted by molar-refractivity contribution is 0.227. The van der Waals surface area contributed by atoms with Crippen LogP contribution in [-0.4, -0.2) is 9.97 Å². The Morgan fingerprint density at radius 1 is 1.26 bits per heavy atom. The maximum atomic E-state index is 6.08. The Morgan fingerprint density at radius 3 is 2.79 bits per heavy atom. The Balaban J connectivity index is 1.93. The zero-order chi connectivity index (χ0) is 13.4. The minimum Gasteiger partial charge on any atom is -0.482 e. The lowest BCUT2D eigenvalue weighted by Crippen LogP contribution is -2.10. The minimum atomic E-state index is -0.131. The number of ether oxygens (including phenoxy) is 1. The van der Waals surface area contributed by atoms with Gasteiger partial charge in [0.2, 0.25) is 0 Å². The van der Waals surface area contributed by atoms with E-state index in [4.69, 9.17) is 16.3 Å². The zero-order valence-electron chi connectivity index (χ0n) is 10.9. The van der Waals surface area contributed by atoms with Crippen LogP contribution in [-0.2, 0) is 6.42 Å². The van der Waals surface area contributed by atoms with Crippen molar-refractivity contribution in [3.63, 3.8) is 0 Å². The number of benzene rings is 1. The van der Waals surface area contributed by atoms with E-state index in [1.165, 1.54) is 5.56 Å². The van der Waals surface area contributed by atoms with E-state index >= 15 is 0 Å². The first-order valence-corrected chi connectivity index (χ1v) is 6.80. The third kappa shape index (κ3) is 2.43. The minimum absolute atomic E-state index is 0.131. The SMILES string of the molecule is CC(C)c1cc(Cl)nc(C2Cc3ccccc3O2)n1. The Morgan fingerprint density at radius 2 is 2.05 bits per heavy atom. The van der Waals surface area contributed by atoms with E-state index in [0.29, 0.717) is 16.9 Å². The number of para-hydroxylation sites is 1. The molecule has 0 saturated heterocycles. The second-order valence-corrected chi connectivity index (χ2v) is 5.43. The molecule has 0 N–H and O–H groups in total. The molecule has 1 unspecified atom stereocenters. The highest BCUT2D eigenvalue weighted by atomic mass is 35.5. The molecule has 2 heterocycles. The van der Waals surface area contributed by atoms with Gasteiger partial charge < -0.3 is 4.74 Å². The summed E-state index contributed by atoms with van der Waals surface area (Å²) in [7, 11) is 0. The summed E-state index contributed by atoms with van der Waals surface area (Å²) in [5, 5.41) is 0.480. The van der Waals surface area contributed by atoms with Crippen LogP contribution >= 0.6 is 11.6 Å². The van der Waals surface area contributed by atoms with Crippen molar-refractivity contribution in [1.82, 2.24) is 9.97 Å². The van der Waals surface area contributed by atoms with E-state index in [1.54, 1.807) is 0 Å². The van der Waals surface area contributed by atoms with Crippen LogP contribution in [0.25, 0.3) is 0 Å². The number of rotatable bonds is 2. The van der Waals surface area contributed by atoms with Gasteiger partial charge in [-0.05, 0) is 23.6 Å². The van der Waals surface area contributed by atoms with Crippen LogP contribution in [0.15, 0.2) is 30.3 Å². The normalized spacial score (nSPS) is 17.4. The quantitative estimate of drug-likeness (QED) is 0.778. The fourth-order valence-electron chi connectivity index (χ4n) is 2.22. The van der Waals surface area contributed by atoms with Crippen molar-refractivity contribution in [2.75, 3.05) is 0 Å². The summed E-state index contributed by atoms with van der Waals surface area (Å²) in [5.74, 6) is 1.91. The summed E-state index contributed by atoms with van der Waals surface area (Å²) in [6.07, 6.45) is 0.669. The summed E-state index contributed by atoms with van der Waals surface area (Å²) >= 11 is 6.08. The molecule has 1 aromatic carbocycles. The Hall–Kier alpha value is -1.61. The van der Waals surface area contributed by atoms with Crippen molar-refractivity contribution in [3.8, 4) is 5.75 Å². The van der Waals surface area contributed by atoms with Gasteiger partial charge in [-0.1, -0.05) is 43.6 Å². The molecular formula is C15H15ClN2O. The molecule has 4 heteroatoms.